The highest BCUT2D eigenvalue weighted by Gasteiger charge is 2.29. The first-order valence-corrected chi connectivity index (χ1v) is 13.0. The highest BCUT2D eigenvalue weighted by molar-refractivity contribution is 6.11. The summed E-state index contributed by atoms with van der Waals surface area (Å²) in [5, 5.41) is 13.6. The highest BCUT2D eigenvalue weighted by atomic mass is 16.5. The maximum Gasteiger partial charge on any atom is 0.258 e. The number of anilines is 1. The molecule has 1 aromatic heterocycles. The van der Waals surface area contributed by atoms with Crippen LogP contribution in [-0.2, 0) is 6.42 Å². The van der Waals surface area contributed by atoms with Crippen molar-refractivity contribution in [3.63, 3.8) is 0 Å². The summed E-state index contributed by atoms with van der Waals surface area (Å²) in [7, 11) is 4.05. The number of H-pyrrole nitrogens is 1. The monoisotopic (exact) mass is 505 g/mol. The minimum atomic E-state index is -0.0556. The van der Waals surface area contributed by atoms with Gasteiger partial charge in [-0.05, 0) is 98.0 Å². The van der Waals surface area contributed by atoms with E-state index in [2.05, 4.69) is 28.9 Å². The number of benzene rings is 4. The summed E-state index contributed by atoms with van der Waals surface area (Å²) in [6.07, 6.45) is 0.772. The number of aryl methyl sites for hydroxylation is 1. The number of ether oxygens (including phenoxy) is 1. The Labute approximate surface area is 222 Å². The lowest BCUT2D eigenvalue weighted by Crippen LogP contribution is -2.28. The molecule has 38 heavy (non-hydrogen) atoms. The second-order valence-corrected chi connectivity index (χ2v) is 10.3. The average Bonchev–Trinajstić information content (AvgIpc) is 3.52. The number of aromatic amines is 1. The Morgan fingerprint density at radius 3 is 2.66 bits per heavy atom. The van der Waals surface area contributed by atoms with Gasteiger partial charge in [-0.1, -0.05) is 18.2 Å². The molecule has 1 aliphatic heterocycles. The summed E-state index contributed by atoms with van der Waals surface area (Å²) >= 11 is 0. The molecule has 0 fully saturated rings. The van der Waals surface area contributed by atoms with Gasteiger partial charge in [0, 0.05) is 46.7 Å². The molecular formula is C32H31N3O3. The molecule has 4 aromatic carbocycles. The molecule has 6 heteroatoms. The Balaban J connectivity index is 1.26. The Kier molecular flexibility index (Phi) is 6.04. The average molecular weight is 506 g/mol. The zero-order chi connectivity index (χ0) is 26.4. The molecule has 6 nitrogen and oxygen atoms in total. The second-order valence-electron chi connectivity index (χ2n) is 10.3. The number of nitrogens with zero attached hydrogens (tertiary/aromatic N) is 2. The van der Waals surface area contributed by atoms with Gasteiger partial charge in [-0.3, -0.25) is 4.79 Å². The van der Waals surface area contributed by atoms with Crippen LogP contribution in [-0.4, -0.2) is 54.7 Å². The van der Waals surface area contributed by atoms with Crippen molar-refractivity contribution in [2.24, 2.45) is 0 Å². The number of hydrogen-bond acceptors (Lipinski definition) is 4. The molecule has 5 aromatic rings. The van der Waals surface area contributed by atoms with Crippen molar-refractivity contribution in [2.45, 2.75) is 13.3 Å². The van der Waals surface area contributed by atoms with Crippen LogP contribution in [0.4, 0.5) is 5.69 Å². The van der Waals surface area contributed by atoms with Crippen LogP contribution in [0.2, 0.25) is 0 Å². The smallest absolute Gasteiger partial charge is 0.258 e. The highest BCUT2D eigenvalue weighted by Crippen LogP contribution is 2.41. The molecule has 0 aliphatic carbocycles. The topological polar surface area (TPSA) is 68.8 Å². The maximum atomic E-state index is 13.6. The molecule has 1 amide bonds. The van der Waals surface area contributed by atoms with Gasteiger partial charge in [0.05, 0.1) is 5.69 Å². The zero-order valence-corrected chi connectivity index (χ0v) is 21.9. The minimum Gasteiger partial charge on any atom is -0.507 e. The van der Waals surface area contributed by atoms with Crippen LogP contribution in [0.3, 0.4) is 0 Å². The molecule has 0 saturated carbocycles. The number of phenols is 1. The molecule has 0 unspecified atom stereocenters. The number of carbonyl (C=O) groups is 1. The largest absolute Gasteiger partial charge is 0.507 e. The van der Waals surface area contributed by atoms with E-state index in [-0.39, 0.29) is 11.7 Å². The van der Waals surface area contributed by atoms with Crippen LogP contribution in [0.1, 0.15) is 21.5 Å². The number of nitrogens with one attached hydrogen (secondary N) is 1. The summed E-state index contributed by atoms with van der Waals surface area (Å²) in [6.45, 7) is 4.16. The lowest BCUT2D eigenvalue weighted by molar-refractivity contribution is 0.0989. The van der Waals surface area contributed by atoms with Gasteiger partial charge >= 0.3 is 0 Å². The van der Waals surface area contributed by atoms with Crippen LogP contribution in [0, 0.1) is 6.92 Å². The Morgan fingerprint density at radius 2 is 1.87 bits per heavy atom. The fourth-order valence-corrected chi connectivity index (χ4v) is 5.41. The first-order chi connectivity index (χ1) is 18.4. The zero-order valence-electron chi connectivity index (χ0n) is 21.9. The van der Waals surface area contributed by atoms with Gasteiger partial charge in [0.2, 0.25) is 0 Å². The van der Waals surface area contributed by atoms with E-state index in [1.807, 2.05) is 68.7 Å². The lowest BCUT2D eigenvalue weighted by Gasteiger charge is -2.19. The summed E-state index contributed by atoms with van der Waals surface area (Å²) in [5.74, 6) is 1.00. The molecule has 2 N–H and O–H groups in total. The van der Waals surface area contributed by atoms with Crippen LogP contribution in [0.5, 0.6) is 11.5 Å². The molecule has 0 bridgehead atoms. The van der Waals surface area contributed by atoms with Crippen molar-refractivity contribution in [3.8, 4) is 22.8 Å². The van der Waals surface area contributed by atoms with Crippen molar-refractivity contribution < 1.29 is 14.6 Å². The normalized spacial score (nSPS) is 13.0. The SMILES string of the molecule is Cc1cccc2c(O)cc3c(c12)CCN3C(=O)c1ccc2[nH]c(-c3ccc(OCCN(C)C)cc3)cc2c1. The summed E-state index contributed by atoms with van der Waals surface area (Å²) in [4.78, 5) is 21.0. The van der Waals surface area contributed by atoms with Gasteiger partial charge in [-0.25, -0.2) is 0 Å². The van der Waals surface area contributed by atoms with E-state index < -0.39 is 0 Å². The molecule has 6 rings (SSSR count). The molecule has 0 radical (unpaired) electrons. The fourth-order valence-electron chi connectivity index (χ4n) is 5.41. The first-order valence-electron chi connectivity index (χ1n) is 13.0. The second kappa shape index (κ2) is 9.54. The molecule has 192 valence electrons. The quantitative estimate of drug-likeness (QED) is 0.291. The van der Waals surface area contributed by atoms with Gasteiger partial charge in [-0.15, -0.1) is 0 Å². The fraction of sp³-hybridized carbons (Fsp3) is 0.219. The summed E-state index contributed by atoms with van der Waals surface area (Å²) in [5.41, 5.74) is 6.69. The van der Waals surface area contributed by atoms with Gasteiger partial charge in [0.15, 0.2) is 0 Å². The van der Waals surface area contributed by atoms with E-state index >= 15 is 0 Å². The van der Waals surface area contributed by atoms with E-state index in [0.29, 0.717) is 18.7 Å². The first kappa shape index (κ1) is 24.1. The molecule has 0 spiro atoms. The minimum absolute atomic E-state index is 0.0556. The Hall–Kier alpha value is -4.29. The number of rotatable bonds is 6. The van der Waals surface area contributed by atoms with Gasteiger partial charge in [-0.2, -0.15) is 0 Å². The van der Waals surface area contributed by atoms with Crippen LogP contribution in [0.25, 0.3) is 32.9 Å². The number of carbonyl (C=O) groups excluding carboxylic acids is 1. The van der Waals surface area contributed by atoms with Crippen molar-refractivity contribution in [2.75, 3.05) is 38.7 Å². The summed E-state index contributed by atoms with van der Waals surface area (Å²) in [6, 6.07) is 23.6. The van der Waals surface area contributed by atoms with E-state index in [0.717, 1.165) is 68.5 Å². The number of aromatic nitrogens is 1. The number of aromatic hydroxyl groups is 1. The van der Waals surface area contributed by atoms with Crippen LogP contribution in [0.15, 0.2) is 72.8 Å². The van der Waals surface area contributed by atoms with E-state index in [1.54, 1.807) is 11.0 Å². The molecular weight excluding hydrogens is 474 g/mol. The van der Waals surface area contributed by atoms with Gasteiger partial charge in [0.25, 0.3) is 5.91 Å². The number of amides is 1. The van der Waals surface area contributed by atoms with E-state index in [4.69, 9.17) is 4.74 Å². The van der Waals surface area contributed by atoms with Crippen LogP contribution < -0.4 is 9.64 Å². The van der Waals surface area contributed by atoms with Crippen molar-refractivity contribution >= 4 is 33.3 Å². The predicted molar refractivity (Wildman–Crippen MR) is 154 cm³/mol. The third kappa shape index (κ3) is 4.27. The third-order valence-electron chi connectivity index (χ3n) is 7.39. The number of hydrogen-bond donors (Lipinski definition) is 2. The van der Waals surface area contributed by atoms with E-state index in [9.17, 15) is 9.90 Å². The summed E-state index contributed by atoms with van der Waals surface area (Å²) < 4.78 is 5.81. The number of fused-ring (bicyclic) bond motifs is 4. The molecule has 1 aliphatic rings. The lowest BCUT2D eigenvalue weighted by atomic mass is 9.97. The Morgan fingerprint density at radius 1 is 1.05 bits per heavy atom. The van der Waals surface area contributed by atoms with Crippen molar-refractivity contribution in [1.29, 1.82) is 0 Å². The Bertz CT molecular complexity index is 1670. The van der Waals surface area contributed by atoms with Crippen LogP contribution >= 0.6 is 0 Å². The molecule has 0 atom stereocenters. The predicted octanol–water partition coefficient (Wildman–Crippen LogP) is 6.15. The van der Waals surface area contributed by atoms with E-state index in [1.165, 1.54) is 0 Å². The molecule has 2 heterocycles. The number of phenolic OH excluding ortho intramolecular Hbond substituents is 1. The number of likely N-dealkylation sites (N-methyl/N-ethyl adjacent to an activating group) is 1. The maximum absolute atomic E-state index is 13.6. The molecule has 0 saturated heterocycles. The van der Waals surface area contributed by atoms with Gasteiger partial charge in [0.1, 0.15) is 18.1 Å². The third-order valence-corrected chi connectivity index (χ3v) is 7.39. The van der Waals surface area contributed by atoms with Crippen molar-refractivity contribution in [1.82, 2.24) is 9.88 Å². The van der Waals surface area contributed by atoms with Crippen molar-refractivity contribution in [3.05, 3.63) is 89.5 Å². The van der Waals surface area contributed by atoms with Gasteiger partial charge < -0.3 is 24.6 Å². The standard InChI is InChI=1S/C32H31N3O3/c1-20-5-4-6-26-30(36)19-29-25(31(20)26)13-14-35(29)32(37)22-9-12-27-23(17-22)18-28(33-27)21-7-10-24(11-8-21)38-16-15-34(2)3/h4-12,17-19,33,36H,13-16H2,1-3H3.